The molecule has 0 saturated carbocycles. The summed E-state index contributed by atoms with van der Waals surface area (Å²) < 4.78 is 6.78. The summed E-state index contributed by atoms with van der Waals surface area (Å²) in [6.07, 6.45) is 1.93. The molecule has 0 N–H and O–H groups in total. The van der Waals surface area contributed by atoms with E-state index in [9.17, 15) is 4.79 Å². The summed E-state index contributed by atoms with van der Waals surface area (Å²) in [4.78, 5) is 12.3. The normalized spacial score (nSPS) is 11.2. The lowest BCUT2D eigenvalue weighted by Crippen LogP contribution is -2.36. The molecule has 3 rings (SSSR count). The van der Waals surface area contributed by atoms with Crippen LogP contribution in [-0.4, -0.2) is 13.1 Å². The number of hydrogen-bond acceptors (Lipinski definition) is 2. The smallest absolute Gasteiger partial charge is 0.403 e. The van der Waals surface area contributed by atoms with Crippen LogP contribution >= 0.6 is 0 Å². The van der Waals surface area contributed by atoms with Crippen LogP contribution in [0.2, 0.25) is 0 Å². The molecule has 1 aromatic heterocycles. The van der Waals surface area contributed by atoms with E-state index in [0.717, 1.165) is 5.56 Å². The molecular weight excluding hydrogens is 358 g/mol. The number of benzene rings is 2. The van der Waals surface area contributed by atoms with Crippen molar-refractivity contribution in [1.29, 1.82) is 0 Å². The first-order valence-corrected chi connectivity index (χ1v) is 10.1. The molecule has 0 radical (unpaired) electrons. The van der Waals surface area contributed by atoms with Gasteiger partial charge in [0.15, 0.2) is 6.20 Å². The minimum absolute atomic E-state index is 0.326. The molecule has 0 aliphatic heterocycles. The molecule has 0 spiro atoms. The number of methoxy groups -OCH3 is 1. The molecule has 0 atom stereocenters. The summed E-state index contributed by atoms with van der Waals surface area (Å²) in [7, 11) is 3.28. The second-order valence-corrected chi connectivity index (χ2v) is 8.11. The van der Waals surface area contributed by atoms with Gasteiger partial charge >= 0.3 is 5.97 Å². The third-order valence-electron chi connectivity index (χ3n) is 5.38. The minimum Gasteiger partial charge on any atom is -0.461 e. The zero-order valence-corrected chi connectivity index (χ0v) is 18.2. The van der Waals surface area contributed by atoms with Crippen molar-refractivity contribution in [3.63, 3.8) is 0 Å². The standard InChI is InChI=1S/C26H30NO2/c1-17(2)22-14-21(19-10-8-7-9-11-19)15-23(18(3)4)25(22)20-12-13-27(5)24(16-20)26(28)29-6/h7-18H,1-6H3/q+1. The number of pyridine rings is 1. The van der Waals surface area contributed by atoms with Gasteiger partial charge in [0.05, 0.1) is 7.11 Å². The third kappa shape index (κ3) is 4.24. The lowest BCUT2D eigenvalue weighted by atomic mass is 9.82. The molecule has 0 aliphatic rings. The highest BCUT2D eigenvalue weighted by Gasteiger charge is 2.23. The number of carbonyl (C=O) groups excluding carboxylic acids is 1. The number of ether oxygens (including phenoxy) is 1. The Hall–Kier alpha value is -2.94. The zero-order chi connectivity index (χ0) is 21.1. The Morgan fingerprint density at radius 2 is 1.41 bits per heavy atom. The number of rotatable bonds is 5. The highest BCUT2D eigenvalue weighted by molar-refractivity contribution is 5.88. The Balaban J connectivity index is 2.30. The fourth-order valence-corrected chi connectivity index (χ4v) is 3.76. The molecule has 1 heterocycles. The summed E-state index contributed by atoms with van der Waals surface area (Å²) in [5, 5.41) is 0. The number of esters is 1. The molecule has 3 heteroatoms. The number of carbonyl (C=O) groups is 1. The number of nitrogens with zero attached hydrogens (tertiary/aromatic N) is 1. The largest absolute Gasteiger partial charge is 0.461 e. The SMILES string of the molecule is COC(=O)c1cc(-c2c(C(C)C)cc(-c3ccccc3)cc2C(C)C)cc[n+]1C. The molecule has 2 aromatic carbocycles. The summed E-state index contributed by atoms with van der Waals surface area (Å²) >= 11 is 0. The van der Waals surface area contributed by atoms with Crippen LogP contribution in [0, 0.1) is 0 Å². The Morgan fingerprint density at radius 1 is 0.828 bits per heavy atom. The predicted octanol–water partition coefficient (Wildman–Crippen LogP) is 5.88. The van der Waals surface area contributed by atoms with Gasteiger partial charge in [-0.1, -0.05) is 70.2 Å². The molecule has 0 fully saturated rings. The van der Waals surface area contributed by atoms with Crippen molar-refractivity contribution >= 4 is 5.97 Å². The lowest BCUT2D eigenvalue weighted by molar-refractivity contribution is -0.674. The average Bonchev–Trinajstić information content (AvgIpc) is 2.73. The van der Waals surface area contributed by atoms with Crippen molar-refractivity contribution in [3.8, 4) is 22.3 Å². The Labute approximate surface area is 174 Å². The Bertz CT molecular complexity index is 991. The van der Waals surface area contributed by atoms with Gasteiger partial charge in [0.1, 0.15) is 7.05 Å². The van der Waals surface area contributed by atoms with Gasteiger partial charge in [0.25, 0.3) is 5.69 Å². The van der Waals surface area contributed by atoms with Crippen LogP contribution in [0.4, 0.5) is 0 Å². The van der Waals surface area contributed by atoms with E-state index in [-0.39, 0.29) is 5.97 Å². The third-order valence-corrected chi connectivity index (χ3v) is 5.38. The fraction of sp³-hybridized carbons (Fsp3) is 0.308. The van der Waals surface area contributed by atoms with E-state index in [1.807, 2.05) is 25.4 Å². The predicted molar refractivity (Wildman–Crippen MR) is 118 cm³/mol. The number of hydrogen-bond donors (Lipinski definition) is 0. The van der Waals surface area contributed by atoms with Crippen molar-refractivity contribution in [3.05, 3.63) is 77.6 Å². The number of aromatic nitrogens is 1. The van der Waals surface area contributed by atoms with Crippen LogP contribution in [0.3, 0.4) is 0 Å². The molecular formula is C26H30NO2+. The fourth-order valence-electron chi connectivity index (χ4n) is 3.76. The molecule has 3 nitrogen and oxygen atoms in total. The average molecular weight is 389 g/mol. The molecule has 0 saturated heterocycles. The van der Waals surface area contributed by atoms with E-state index in [1.54, 1.807) is 4.57 Å². The second kappa shape index (κ2) is 8.60. The van der Waals surface area contributed by atoms with Gasteiger partial charge in [-0.3, -0.25) is 0 Å². The molecule has 29 heavy (non-hydrogen) atoms. The summed E-state index contributed by atoms with van der Waals surface area (Å²) in [5.74, 6) is 0.371. The van der Waals surface area contributed by atoms with Crippen LogP contribution in [0.15, 0.2) is 60.8 Å². The van der Waals surface area contributed by atoms with Gasteiger partial charge in [0, 0.05) is 12.1 Å². The summed E-state index contributed by atoms with van der Waals surface area (Å²) in [6, 6.07) is 19.1. The first-order chi connectivity index (χ1) is 13.8. The van der Waals surface area contributed by atoms with Gasteiger partial charge < -0.3 is 4.74 Å². The maximum atomic E-state index is 12.3. The van der Waals surface area contributed by atoms with Gasteiger partial charge in [-0.2, -0.15) is 4.57 Å². The zero-order valence-electron chi connectivity index (χ0n) is 18.2. The van der Waals surface area contributed by atoms with Gasteiger partial charge in [-0.25, -0.2) is 4.79 Å². The lowest BCUT2D eigenvalue weighted by Gasteiger charge is -2.22. The van der Waals surface area contributed by atoms with Crippen LogP contribution < -0.4 is 4.57 Å². The van der Waals surface area contributed by atoms with E-state index >= 15 is 0 Å². The van der Waals surface area contributed by atoms with Crippen LogP contribution in [0.1, 0.15) is 61.1 Å². The maximum absolute atomic E-state index is 12.3. The van der Waals surface area contributed by atoms with E-state index in [4.69, 9.17) is 4.74 Å². The molecule has 150 valence electrons. The highest BCUT2D eigenvalue weighted by Crippen LogP contribution is 2.39. The van der Waals surface area contributed by atoms with Crippen molar-refractivity contribution in [2.45, 2.75) is 39.5 Å². The quantitative estimate of drug-likeness (QED) is 0.404. The van der Waals surface area contributed by atoms with Gasteiger partial charge in [-0.05, 0) is 45.2 Å². The van der Waals surface area contributed by atoms with Crippen molar-refractivity contribution < 1.29 is 14.1 Å². The van der Waals surface area contributed by atoms with Crippen molar-refractivity contribution in [1.82, 2.24) is 0 Å². The molecule has 0 aliphatic carbocycles. The van der Waals surface area contributed by atoms with E-state index in [2.05, 4.69) is 70.2 Å². The topological polar surface area (TPSA) is 30.2 Å². The van der Waals surface area contributed by atoms with Gasteiger partial charge in [0.2, 0.25) is 0 Å². The molecule has 0 bridgehead atoms. The first kappa shape index (κ1) is 20.8. The van der Waals surface area contributed by atoms with Gasteiger partial charge in [-0.15, -0.1) is 0 Å². The molecule has 0 unspecified atom stereocenters. The van der Waals surface area contributed by atoms with Crippen LogP contribution in [0.25, 0.3) is 22.3 Å². The molecule has 0 amide bonds. The minimum atomic E-state index is -0.326. The van der Waals surface area contributed by atoms with Crippen LogP contribution in [-0.2, 0) is 11.8 Å². The van der Waals surface area contributed by atoms with Crippen molar-refractivity contribution in [2.24, 2.45) is 7.05 Å². The molecule has 3 aromatic rings. The van der Waals surface area contributed by atoms with E-state index < -0.39 is 0 Å². The van der Waals surface area contributed by atoms with E-state index in [0.29, 0.717) is 17.5 Å². The highest BCUT2D eigenvalue weighted by atomic mass is 16.5. The van der Waals surface area contributed by atoms with E-state index in [1.165, 1.54) is 34.9 Å². The Kier molecular flexibility index (Phi) is 6.17. The van der Waals surface area contributed by atoms with Crippen molar-refractivity contribution in [2.75, 3.05) is 7.11 Å². The monoisotopic (exact) mass is 388 g/mol. The summed E-state index contributed by atoms with van der Waals surface area (Å²) in [5.41, 5.74) is 7.85. The van der Waals surface area contributed by atoms with Crippen LogP contribution in [0.5, 0.6) is 0 Å². The maximum Gasteiger partial charge on any atom is 0.403 e. The summed E-state index contributed by atoms with van der Waals surface area (Å²) in [6.45, 7) is 8.90. The first-order valence-electron chi connectivity index (χ1n) is 10.1. The number of aryl methyl sites for hydroxylation is 1. The Morgan fingerprint density at radius 3 is 1.93 bits per heavy atom. The second-order valence-electron chi connectivity index (χ2n) is 8.11.